The molecule has 1 aromatic carbocycles. The summed E-state index contributed by atoms with van der Waals surface area (Å²) in [6.07, 6.45) is 3.67. The topological polar surface area (TPSA) is 52.5 Å². The van der Waals surface area contributed by atoms with Crippen LogP contribution in [0.5, 0.6) is 0 Å². The number of hydrogen-bond acceptors (Lipinski definition) is 2. The molecule has 5 heteroatoms. The molecule has 1 aromatic heterocycles. The monoisotopic (exact) mass is 305 g/mol. The highest BCUT2D eigenvalue weighted by atomic mass is 35.5. The zero-order valence-corrected chi connectivity index (χ0v) is 12.8. The van der Waals surface area contributed by atoms with Crippen molar-refractivity contribution in [2.24, 2.45) is 0 Å². The SMILES string of the molecule is CC1(C)CCC(c2ccc(C#N)cc2F)c2cn[nH]c21.Cl. The van der Waals surface area contributed by atoms with Crippen molar-refractivity contribution in [3.05, 3.63) is 52.6 Å². The van der Waals surface area contributed by atoms with Gasteiger partial charge in [0, 0.05) is 22.6 Å². The van der Waals surface area contributed by atoms with Gasteiger partial charge < -0.3 is 0 Å². The molecule has 1 N–H and O–H groups in total. The maximum absolute atomic E-state index is 14.2. The second-order valence-corrected chi connectivity index (χ2v) is 6.02. The lowest BCUT2D eigenvalue weighted by atomic mass is 9.70. The molecule has 0 radical (unpaired) electrons. The summed E-state index contributed by atoms with van der Waals surface area (Å²) < 4.78 is 14.2. The van der Waals surface area contributed by atoms with Crippen LogP contribution in [-0.2, 0) is 5.41 Å². The van der Waals surface area contributed by atoms with Gasteiger partial charge in [0.1, 0.15) is 5.82 Å². The first kappa shape index (κ1) is 15.5. The summed E-state index contributed by atoms with van der Waals surface area (Å²) >= 11 is 0. The van der Waals surface area contributed by atoms with Gasteiger partial charge in [-0.2, -0.15) is 10.4 Å². The third kappa shape index (κ3) is 2.54. The average molecular weight is 306 g/mol. The summed E-state index contributed by atoms with van der Waals surface area (Å²) in [6, 6.07) is 6.69. The number of nitrogens with one attached hydrogen (secondary N) is 1. The van der Waals surface area contributed by atoms with Crippen molar-refractivity contribution in [2.45, 2.75) is 38.0 Å². The van der Waals surface area contributed by atoms with Crippen LogP contribution < -0.4 is 0 Å². The van der Waals surface area contributed by atoms with Crippen molar-refractivity contribution in [3.8, 4) is 6.07 Å². The van der Waals surface area contributed by atoms with Crippen LogP contribution in [0.2, 0.25) is 0 Å². The van der Waals surface area contributed by atoms with Gasteiger partial charge in [0.15, 0.2) is 0 Å². The maximum atomic E-state index is 14.2. The van der Waals surface area contributed by atoms with Crippen LogP contribution in [0.3, 0.4) is 0 Å². The fraction of sp³-hybridized carbons (Fsp3) is 0.375. The summed E-state index contributed by atoms with van der Waals surface area (Å²) in [5.74, 6) is -0.287. The van der Waals surface area contributed by atoms with Crippen molar-refractivity contribution in [1.29, 1.82) is 5.26 Å². The molecule has 0 saturated heterocycles. The fourth-order valence-corrected chi connectivity index (χ4v) is 3.09. The highest BCUT2D eigenvalue weighted by Crippen LogP contribution is 2.44. The van der Waals surface area contributed by atoms with Gasteiger partial charge in [0.25, 0.3) is 0 Å². The van der Waals surface area contributed by atoms with Crippen molar-refractivity contribution in [1.82, 2.24) is 10.2 Å². The van der Waals surface area contributed by atoms with Gasteiger partial charge >= 0.3 is 0 Å². The molecule has 1 unspecified atom stereocenters. The summed E-state index contributed by atoms with van der Waals surface area (Å²) in [6.45, 7) is 4.35. The molecule has 1 aliphatic rings. The number of aromatic amines is 1. The van der Waals surface area contributed by atoms with E-state index < -0.39 is 0 Å². The molecule has 0 saturated carbocycles. The van der Waals surface area contributed by atoms with Crippen molar-refractivity contribution >= 4 is 12.4 Å². The Balaban J connectivity index is 0.00000161. The van der Waals surface area contributed by atoms with E-state index in [1.165, 1.54) is 6.07 Å². The maximum Gasteiger partial charge on any atom is 0.128 e. The molecular weight excluding hydrogens is 289 g/mol. The van der Waals surface area contributed by atoms with E-state index >= 15 is 0 Å². The standard InChI is InChI=1S/C16H16FN3.ClH/c1-16(2)6-5-11(13-9-19-20-15(13)16)12-4-3-10(8-18)7-14(12)17;/h3-4,7,9,11H,5-6H2,1-2H3,(H,19,20);1H. The lowest BCUT2D eigenvalue weighted by molar-refractivity contribution is 0.397. The molecular formula is C16H17ClFN3. The van der Waals surface area contributed by atoms with Crippen LogP contribution in [0.1, 0.15) is 55.0 Å². The lowest BCUT2D eigenvalue weighted by Gasteiger charge is -2.34. The number of fused-ring (bicyclic) bond motifs is 1. The number of nitrogens with zero attached hydrogens (tertiary/aromatic N) is 2. The smallest absolute Gasteiger partial charge is 0.128 e. The normalized spacial score (nSPS) is 19.2. The molecule has 0 fully saturated rings. The first-order valence-electron chi connectivity index (χ1n) is 6.76. The minimum absolute atomic E-state index is 0. The Hall–Kier alpha value is -1.86. The summed E-state index contributed by atoms with van der Waals surface area (Å²) in [5, 5.41) is 16.0. The van der Waals surface area contributed by atoms with Gasteiger partial charge in [0.2, 0.25) is 0 Å². The molecule has 1 aliphatic carbocycles. The minimum Gasteiger partial charge on any atom is -0.282 e. The molecule has 0 bridgehead atoms. The van der Waals surface area contributed by atoms with Crippen molar-refractivity contribution < 1.29 is 4.39 Å². The zero-order valence-electron chi connectivity index (χ0n) is 12.0. The van der Waals surface area contributed by atoms with Gasteiger partial charge in [-0.05, 0) is 30.5 Å². The van der Waals surface area contributed by atoms with Gasteiger partial charge in [-0.15, -0.1) is 12.4 Å². The molecule has 21 heavy (non-hydrogen) atoms. The lowest BCUT2D eigenvalue weighted by Crippen LogP contribution is -2.26. The van der Waals surface area contributed by atoms with Crippen molar-refractivity contribution in [2.75, 3.05) is 0 Å². The molecule has 0 amide bonds. The van der Waals surface area contributed by atoms with Gasteiger partial charge in [0.05, 0.1) is 17.8 Å². The highest BCUT2D eigenvalue weighted by Gasteiger charge is 2.35. The van der Waals surface area contributed by atoms with Gasteiger partial charge in [-0.1, -0.05) is 19.9 Å². The van der Waals surface area contributed by atoms with Crippen LogP contribution in [0.25, 0.3) is 0 Å². The van der Waals surface area contributed by atoms with E-state index in [1.54, 1.807) is 18.3 Å². The Morgan fingerprint density at radius 1 is 1.38 bits per heavy atom. The fourth-order valence-electron chi connectivity index (χ4n) is 3.09. The van der Waals surface area contributed by atoms with Crippen LogP contribution in [0.4, 0.5) is 4.39 Å². The van der Waals surface area contributed by atoms with Gasteiger partial charge in [-0.3, -0.25) is 5.10 Å². The Bertz CT molecular complexity index is 700. The molecule has 0 aliphatic heterocycles. The third-order valence-electron chi connectivity index (χ3n) is 4.28. The predicted molar refractivity (Wildman–Crippen MR) is 81.1 cm³/mol. The van der Waals surface area contributed by atoms with E-state index in [1.807, 2.05) is 6.07 Å². The van der Waals surface area contributed by atoms with E-state index in [4.69, 9.17) is 5.26 Å². The van der Waals surface area contributed by atoms with E-state index in [0.717, 1.165) is 24.1 Å². The van der Waals surface area contributed by atoms with E-state index in [-0.39, 0.29) is 29.6 Å². The third-order valence-corrected chi connectivity index (χ3v) is 4.28. The molecule has 2 aromatic rings. The summed E-state index contributed by atoms with van der Waals surface area (Å²) in [4.78, 5) is 0. The van der Waals surface area contributed by atoms with Crippen LogP contribution in [-0.4, -0.2) is 10.2 Å². The molecule has 110 valence electrons. The second-order valence-electron chi connectivity index (χ2n) is 6.02. The number of benzene rings is 1. The first-order valence-corrected chi connectivity index (χ1v) is 6.76. The van der Waals surface area contributed by atoms with E-state index in [9.17, 15) is 4.39 Å². The van der Waals surface area contributed by atoms with Crippen LogP contribution in [0.15, 0.2) is 24.4 Å². The second kappa shape index (κ2) is 5.50. The van der Waals surface area contributed by atoms with E-state index in [2.05, 4.69) is 24.0 Å². The predicted octanol–water partition coefficient (Wildman–Crippen LogP) is 4.05. The minimum atomic E-state index is -0.305. The molecule has 0 spiro atoms. The van der Waals surface area contributed by atoms with E-state index in [0.29, 0.717) is 11.1 Å². The number of H-pyrrole nitrogens is 1. The zero-order chi connectivity index (χ0) is 14.3. The number of aromatic nitrogens is 2. The largest absolute Gasteiger partial charge is 0.282 e. The Morgan fingerprint density at radius 3 is 2.81 bits per heavy atom. The quantitative estimate of drug-likeness (QED) is 0.864. The van der Waals surface area contributed by atoms with Crippen LogP contribution >= 0.6 is 12.4 Å². The average Bonchev–Trinajstić information content (AvgIpc) is 2.90. The molecule has 1 heterocycles. The number of nitriles is 1. The van der Waals surface area contributed by atoms with Gasteiger partial charge in [-0.25, -0.2) is 4.39 Å². The summed E-state index contributed by atoms with van der Waals surface area (Å²) in [5.41, 5.74) is 3.23. The number of halogens is 2. The van der Waals surface area contributed by atoms with Crippen LogP contribution in [0, 0.1) is 17.1 Å². The molecule has 1 atom stereocenters. The molecule has 3 nitrogen and oxygen atoms in total. The Labute approximate surface area is 129 Å². The Morgan fingerprint density at radius 2 is 2.14 bits per heavy atom. The Kier molecular flexibility index (Phi) is 4.06. The first-order chi connectivity index (χ1) is 9.53. The summed E-state index contributed by atoms with van der Waals surface area (Å²) in [7, 11) is 0. The number of hydrogen-bond donors (Lipinski definition) is 1. The molecule has 3 rings (SSSR count). The highest BCUT2D eigenvalue weighted by molar-refractivity contribution is 5.85. The van der Waals surface area contributed by atoms with Crippen molar-refractivity contribution in [3.63, 3.8) is 0 Å². The number of rotatable bonds is 1.